The predicted molar refractivity (Wildman–Crippen MR) is 70.1 cm³/mol. The SMILES string of the molecule is CNC(=O)NC(=O)CN1Cc2ccc(C(=O)O)cc2C1. The van der Waals surface area contributed by atoms with Gasteiger partial charge in [-0.15, -0.1) is 0 Å². The number of nitrogens with one attached hydrogen (secondary N) is 2. The van der Waals surface area contributed by atoms with Crippen molar-refractivity contribution in [1.29, 1.82) is 0 Å². The highest BCUT2D eigenvalue weighted by atomic mass is 16.4. The van der Waals surface area contributed by atoms with Crippen LogP contribution in [0.4, 0.5) is 4.79 Å². The van der Waals surface area contributed by atoms with Gasteiger partial charge in [0.1, 0.15) is 0 Å². The predicted octanol–water partition coefficient (Wildman–Crippen LogP) is 0.156. The zero-order valence-electron chi connectivity index (χ0n) is 11.0. The van der Waals surface area contributed by atoms with Crippen LogP contribution in [0.5, 0.6) is 0 Å². The molecule has 0 unspecified atom stereocenters. The summed E-state index contributed by atoms with van der Waals surface area (Å²) in [7, 11) is 1.43. The summed E-state index contributed by atoms with van der Waals surface area (Å²) in [6.45, 7) is 1.15. The van der Waals surface area contributed by atoms with E-state index in [0.29, 0.717) is 13.1 Å². The molecule has 1 aliphatic rings. The average Bonchev–Trinajstić information content (AvgIpc) is 2.78. The maximum absolute atomic E-state index is 11.6. The first-order valence-electron chi connectivity index (χ1n) is 6.08. The minimum Gasteiger partial charge on any atom is -0.478 e. The minimum absolute atomic E-state index is 0.0878. The first-order valence-corrected chi connectivity index (χ1v) is 6.08. The van der Waals surface area contributed by atoms with Crippen molar-refractivity contribution in [3.05, 3.63) is 34.9 Å². The van der Waals surface area contributed by atoms with E-state index < -0.39 is 17.9 Å². The molecule has 0 atom stereocenters. The maximum atomic E-state index is 11.6. The van der Waals surface area contributed by atoms with Gasteiger partial charge in [-0.3, -0.25) is 15.0 Å². The average molecular weight is 277 g/mol. The normalized spacial score (nSPS) is 13.7. The van der Waals surface area contributed by atoms with Crippen LogP contribution >= 0.6 is 0 Å². The zero-order valence-corrected chi connectivity index (χ0v) is 11.0. The van der Waals surface area contributed by atoms with Gasteiger partial charge in [0.2, 0.25) is 5.91 Å². The summed E-state index contributed by atoms with van der Waals surface area (Å²) in [5, 5.41) is 13.4. The molecule has 0 radical (unpaired) electrons. The van der Waals surface area contributed by atoms with E-state index >= 15 is 0 Å². The molecule has 7 heteroatoms. The summed E-state index contributed by atoms with van der Waals surface area (Å²) in [5.74, 6) is -1.36. The van der Waals surface area contributed by atoms with Gasteiger partial charge in [0.05, 0.1) is 12.1 Å². The highest BCUT2D eigenvalue weighted by molar-refractivity contribution is 5.95. The number of imide groups is 1. The van der Waals surface area contributed by atoms with Crippen LogP contribution in [0.2, 0.25) is 0 Å². The molecule has 0 fully saturated rings. The lowest BCUT2D eigenvalue weighted by Crippen LogP contribution is -2.42. The van der Waals surface area contributed by atoms with Crippen molar-refractivity contribution in [3.8, 4) is 0 Å². The first-order chi connectivity index (χ1) is 9.49. The molecule has 1 aromatic rings. The monoisotopic (exact) mass is 277 g/mol. The maximum Gasteiger partial charge on any atom is 0.335 e. The second-order valence-electron chi connectivity index (χ2n) is 4.56. The Morgan fingerprint density at radius 1 is 1.25 bits per heavy atom. The van der Waals surface area contributed by atoms with E-state index in [2.05, 4.69) is 10.6 Å². The van der Waals surface area contributed by atoms with Crippen molar-refractivity contribution in [2.24, 2.45) is 0 Å². The Hall–Kier alpha value is -2.41. The molecular weight excluding hydrogens is 262 g/mol. The van der Waals surface area contributed by atoms with Crippen LogP contribution in [0, 0.1) is 0 Å². The van der Waals surface area contributed by atoms with Crippen molar-refractivity contribution in [3.63, 3.8) is 0 Å². The minimum atomic E-state index is -0.969. The lowest BCUT2D eigenvalue weighted by atomic mass is 10.1. The Morgan fingerprint density at radius 2 is 1.95 bits per heavy atom. The molecule has 0 bridgehead atoms. The molecule has 3 amide bonds. The third kappa shape index (κ3) is 3.12. The van der Waals surface area contributed by atoms with E-state index in [-0.39, 0.29) is 12.1 Å². The topological polar surface area (TPSA) is 98.7 Å². The van der Waals surface area contributed by atoms with E-state index in [4.69, 9.17) is 5.11 Å². The third-order valence-corrected chi connectivity index (χ3v) is 3.09. The highest BCUT2D eigenvalue weighted by Crippen LogP contribution is 2.23. The van der Waals surface area contributed by atoms with Crippen LogP contribution in [0.1, 0.15) is 21.5 Å². The molecule has 7 nitrogen and oxygen atoms in total. The van der Waals surface area contributed by atoms with E-state index in [1.165, 1.54) is 7.05 Å². The second kappa shape index (κ2) is 5.70. The molecule has 1 aromatic carbocycles. The standard InChI is InChI=1S/C13H15N3O4/c1-14-13(20)15-11(17)7-16-5-9-3-2-8(12(18)19)4-10(9)6-16/h2-4H,5-7H2,1H3,(H,18,19)(H2,14,15,17,20). The molecule has 0 saturated heterocycles. The van der Waals surface area contributed by atoms with Crippen molar-refractivity contribution in [2.75, 3.05) is 13.6 Å². The Morgan fingerprint density at radius 3 is 2.60 bits per heavy atom. The van der Waals surface area contributed by atoms with E-state index in [9.17, 15) is 14.4 Å². The summed E-state index contributed by atoms with van der Waals surface area (Å²) in [6, 6.07) is 4.39. The molecule has 2 rings (SSSR count). The molecule has 3 N–H and O–H groups in total. The number of nitrogens with zero attached hydrogens (tertiary/aromatic N) is 1. The molecule has 0 saturated carbocycles. The number of rotatable bonds is 3. The quantitative estimate of drug-likeness (QED) is 0.730. The number of hydrogen-bond donors (Lipinski definition) is 3. The molecule has 1 heterocycles. The third-order valence-electron chi connectivity index (χ3n) is 3.09. The van der Waals surface area contributed by atoms with Crippen LogP contribution in [-0.2, 0) is 17.9 Å². The fourth-order valence-corrected chi connectivity index (χ4v) is 2.14. The van der Waals surface area contributed by atoms with Gasteiger partial charge in [0.25, 0.3) is 0 Å². The molecule has 0 aliphatic carbocycles. The number of hydrogen-bond acceptors (Lipinski definition) is 4. The highest BCUT2D eigenvalue weighted by Gasteiger charge is 2.22. The molecule has 0 aromatic heterocycles. The van der Waals surface area contributed by atoms with Gasteiger partial charge in [-0.2, -0.15) is 0 Å². The lowest BCUT2D eigenvalue weighted by molar-refractivity contribution is -0.121. The number of urea groups is 1. The molecule has 1 aliphatic heterocycles. The molecule has 0 spiro atoms. The van der Waals surface area contributed by atoms with E-state index in [0.717, 1.165) is 11.1 Å². The van der Waals surface area contributed by atoms with Gasteiger partial charge < -0.3 is 10.4 Å². The van der Waals surface area contributed by atoms with Gasteiger partial charge >= 0.3 is 12.0 Å². The van der Waals surface area contributed by atoms with Gasteiger partial charge in [-0.05, 0) is 23.3 Å². The smallest absolute Gasteiger partial charge is 0.335 e. The van der Waals surface area contributed by atoms with Crippen LogP contribution in [0.3, 0.4) is 0 Å². The summed E-state index contributed by atoms with van der Waals surface area (Å²) < 4.78 is 0. The number of carbonyl (C=O) groups is 3. The first kappa shape index (κ1) is 14.0. The van der Waals surface area contributed by atoms with Gasteiger partial charge in [0, 0.05) is 20.1 Å². The lowest BCUT2D eigenvalue weighted by Gasteiger charge is -2.13. The Bertz CT molecular complexity index is 571. The van der Waals surface area contributed by atoms with Crippen molar-refractivity contribution < 1.29 is 19.5 Å². The number of carboxylic acid groups (broad SMARTS) is 1. The fourth-order valence-electron chi connectivity index (χ4n) is 2.14. The zero-order chi connectivity index (χ0) is 14.7. The van der Waals surface area contributed by atoms with Crippen LogP contribution in [0.15, 0.2) is 18.2 Å². The van der Waals surface area contributed by atoms with Gasteiger partial charge in [0.15, 0.2) is 0 Å². The van der Waals surface area contributed by atoms with Gasteiger partial charge in [-0.25, -0.2) is 9.59 Å². The molecule has 106 valence electrons. The molecular formula is C13H15N3O4. The Kier molecular flexibility index (Phi) is 3.99. The van der Waals surface area contributed by atoms with Crippen LogP contribution < -0.4 is 10.6 Å². The summed E-state index contributed by atoms with van der Waals surface area (Å²) in [6.07, 6.45) is 0. The van der Waals surface area contributed by atoms with E-state index in [1.807, 2.05) is 4.90 Å². The number of benzene rings is 1. The second-order valence-corrected chi connectivity index (χ2v) is 4.56. The number of fused-ring (bicyclic) bond motifs is 1. The number of carbonyl (C=O) groups excluding carboxylic acids is 2. The van der Waals surface area contributed by atoms with Crippen molar-refractivity contribution >= 4 is 17.9 Å². The Labute approximate surface area is 115 Å². The van der Waals surface area contributed by atoms with Crippen molar-refractivity contribution in [1.82, 2.24) is 15.5 Å². The fraction of sp³-hybridized carbons (Fsp3) is 0.308. The summed E-state index contributed by atoms with van der Waals surface area (Å²) in [5.41, 5.74) is 2.14. The van der Waals surface area contributed by atoms with Gasteiger partial charge in [-0.1, -0.05) is 6.07 Å². The number of amides is 3. The molecule has 20 heavy (non-hydrogen) atoms. The van der Waals surface area contributed by atoms with E-state index in [1.54, 1.807) is 18.2 Å². The van der Waals surface area contributed by atoms with Crippen LogP contribution in [-0.4, -0.2) is 41.5 Å². The Balaban J connectivity index is 1.97. The largest absolute Gasteiger partial charge is 0.478 e. The van der Waals surface area contributed by atoms with Crippen molar-refractivity contribution in [2.45, 2.75) is 13.1 Å². The van der Waals surface area contributed by atoms with Crippen LogP contribution in [0.25, 0.3) is 0 Å². The number of aromatic carboxylic acids is 1. The summed E-state index contributed by atoms with van der Waals surface area (Å²) >= 11 is 0. The number of carboxylic acids is 1. The summed E-state index contributed by atoms with van der Waals surface area (Å²) in [4.78, 5) is 35.3.